The molecule has 0 amide bonds. The third-order valence-electron chi connectivity index (χ3n) is 3.18. The van der Waals surface area contributed by atoms with Gasteiger partial charge in [0.2, 0.25) is 0 Å². The van der Waals surface area contributed by atoms with Crippen LogP contribution >= 0.6 is 0 Å². The first-order valence-electron chi connectivity index (χ1n) is 6.82. The molecule has 1 nitrogen and oxygen atoms in total. The Morgan fingerprint density at radius 3 is 2.38 bits per heavy atom. The van der Waals surface area contributed by atoms with Gasteiger partial charge in [0.25, 0.3) is 0 Å². The molecular weight excluding hydrogens is 212 g/mol. The number of rotatable bonds is 7. The monoisotopic (exact) mass is 240 g/mol. The van der Waals surface area contributed by atoms with Crippen molar-refractivity contribution in [2.45, 2.75) is 77.3 Å². The molecule has 0 aromatic carbocycles. The number of unbranched alkanes of at least 4 members (excludes halogenated alkanes) is 1. The van der Waals surface area contributed by atoms with Crippen molar-refractivity contribution in [3.8, 4) is 0 Å². The molecule has 0 aromatic heterocycles. The Morgan fingerprint density at radius 1 is 1.19 bits per heavy atom. The highest BCUT2D eigenvalue weighted by atomic mass is 28.3. The molecular formula is C14H28OSi. The molecule has 0 bridgehead atoms. The average molecular weight is 240 g/mol. The van der Waals surface area contributed by atoms with E-state index in [9.17, 15) is 0 Å². The number of hydrogen-bond acceptors (Lipinski definition) is 1. The lowest BCUT2D eigenvalue weighted by atomic mass is 9.96. The van der Waals surface area contributed by atoms with Gasteiger partial charge < -0.3 is 4.74 Å². The van der Waals surface area contributed by atoms with Crippen molar-refractivity contribution in [2.24, 2.45) is 0 Å². The summed E-state index contributed by atoms with van der Waals surface area (Å²) in [5, 5.41) is 0. The van der Waals surface area contributed by atoms with E-state index >= 15 is 0 Å². The van der Waals surface area contributed by atoms with Crippen LogP contribution < -0.4 is 0 Å². The smallest absolute Gasteiger partial charge is 0.112 e. The first-order valence-corrected chi connectivity index (χ1v) is 10.4. The number of epoxide rings is 1. The normalized spacial score (nSPS) is 29.9. The summed E-state index contributed by atoms with van der Waals surface area (Å²) in [5.74, 6) is 0. The molecule has 0 saturated carbocycles. The van der Waals surface area contributed by atoms with Gasteiger partial charge in [0.1, 0.15) is 5.60 Å². The van der Waals surface area contributed by atoms with Crippen LogP contribution in [0.5, 0.6) is 0 Å². The Balaban J connectivity index is 2.53. The zero-order valence-electron chi connectivity index (χ0n) is 11.7. The van der Waals surface area contributed by atoms with Gasteiger partial charge >= 0.3 is 0 Å². The molecule has 0 spiro atoms. The van der Waals surface area contributed by atoms with Gasteiger partial charge in [-0.05, 0) is 12.8 Å². The summed E-state index contributed by atoms with van der Waals surface area (Å²) in [6.07, 6.45) is 9.15. The zero-order valence-corrected chi connectivity index (χ0v) is 12.7. The maximum atomic E-state index is 5.98. The third kappa shape index (κ3) is 4.06. The second-order valence-corrected chi connectivity index (χ2v) is 11.2. The van der Waals surface area contributed by atoms with E-state index in [2.05, 4.69) is 45.3 Å². The van der Waals surface area contributed by atoms with Crippen LogP contribution in [0.3, 0.4) is 0 Å². The van der Waals surface area contributed by atoms with Gasteiger partial charge in [0.05, 0.1) is 14.2 Å². The van der Waals surface area contributed by atoms with Crippen molar-refractivity contribution in [1.82, 2.24) is 0 Å². The lowest BCUT2D eigenvalue weighted by molar-refractivity contribution is 0.313. The van der Waals surface area contributed by atoms with E-state index in [0.29, 0.717) is 6.10 Å². The van der Waals surface area contributed by atoms with E-state index in [-0.39, 0.29) is 5.60 Å². The van der Waals surface area contributed by atoms with Crippen molar-refractivity contribution in [2.75, 3.05) is 0 Å². The molecule has 0 aromatic rings. The molecule has 1 aliphatic rings. The van der Waals surface area contributed by atoms with Crippen molar-refractivity contribution in [3.63, 3.8) is 0 Å². The van der Waals surface area contributed by atoms with Crippen molar-refractivity contribution >= 4 is 8.07 Å². The molecule has 2 atom stereocenters. The Bertz CT molecular complexity index is 242. The average Bonchev–Trinajstić information content (AvgIpc) is 2.86. The Labute approximate surface area is 102 Å². The molecule has 16 heavy (non-hydrogen) atoms. The number of hydrogen-bond donors (Lipinski definition) is 0. The molecule has 0 aliphatic carbocycles. The van der Waals surface area contributed by atoms with Gasteiger partial charge in [0, 0.05) is 0 Å². The van der Waals surface area contributed by atoms with Gasteiger partial charge in [0.15, 0.2) is 0 Å². The van der Waals surface area contributed by atoms with Crippen molar-refractivity contribution in [1.29, 1.82) is 0 Å². The fraction of sp³-hybridized carbons (Fsp3) is 0.857. The largest absolute Gasteiger partial charge is 0.362 e. The summed E-state index contributed by atoms with van der Waals surface area (Å²) in [4.78, 5) is 0. The fourth-order valence-corrected chi connectivity index (χ4v) is 2.94. The van der Waals surface area contributed by atoms with Gasteiger partial charge in [-0.3, -0.25) is 0 Å². The molecule has 2 heteroatoms. The molecule has 1 heterocycles. The summed E-state index contributed by atoms with van der Waals surface area (Å²) in [6, 6.07) is 0. The summed E-state index contributed by atoms with van der Waals surface area (Å²) in [6.45, 7) is 11.6. The van der Waals surface area contributed by atoms with Gasteiger partial charge in [-0.1, -0.05) is 64.5 Å². The molecule has 1 rings (SSSR count). The van der Waals surface area contributed by atoms with Crippen molar-refractivity contribution in [3.05, 3.63) is 11.8 Å². The van der Waals surface area contributed by atoms with Crippen LogP contribution in [0.1, 0.15) is 46.0 Å². The lowest BCUT2D eigenvalue weighted by Gasteiger charge is -2.12. The van der Waals surface area contributed by atoms with E-state index in [0.717, 1.165) is 0 Å². The maximum Gasteiger partial charge on any atom is 0.112 e. The van der Waals surface area contributed by atoms with E-state index in [1.165, 1.54) is 32.1 Å². The quantitative estimate of drug-likeness (QED) is 0.470. The first kappa shape index (κ1) is 14.0. The van der Waals surface area contributed by atoms with Crippen LogP contribution in [0.4, 0.5) is 0 Å². The zero-order chi connectivity index (χ0) is 12.2. The number of ether oxygens (including phenoxy) is 1. The molecule has 1 aliphatic heterocycles. The third-order valence-corrected chi connectivity index (χ3v) is 4.34. The highest BCUT2D eigenvalue weighted by Gasteiger charge is 2.52. The molecule has 94 valence electrons. The summed E-state index contributed by atoms with van der Waals surface area (Å²) in [7, 11) is -1.08. The first-order chi connectivity index (χ1) is 7.43. The van der Waals surface area contributed by atoms with Gasteiger partial charge in [-0.2, -0.15) is 0 Å². The minimum absolute atomic E-state index is 0.129. The second kappa shape index (κ2) is 5.50. The Hall–Kier alpha value is -0.0831. The Morgan fingerprint density at radius 2 is 1.88 bits per heavy atom. The van der Waals surface area contributed by atoms with Crippen molar-refractivity contribution < 1.29 is 4.74 Å². The molecule has 1 fully saturated rings. The molecule has 1 saturated heterocycles. The molecule has 2 unspecified atom stereocenters. The van der Waals surface area contributed by atoms with E-state index in [4.69, 9.17) is 4.74 Å². The van der Waals surface area contributed by atoms with Crippen LogP contribution in [-0.2, 0) is 4.74 Å². The van der Waals surface area contributed by atoms with E-state index in [1.54, 1.807) is 0 Å². The van der Waals surface area contributed by atoms with Crippen LogP contribution in [0.15, 0.2) is 11.8 Å². The summed E-state index contributed by atoms with van der Waals surface area (Å²) < 4.78 is 5.98. The summed E-state index contributed by atoms with van der Waals surface area (Å²) in [5.41, 5.74) is 2.58. The Kier molecular flexibility index (Phi) is 4.81. The minimum atomic E-state index is -1.08. The SMILES string of the molecule is CCCCC1OC1(C=C[Si](C)(C)C)CCC. The summed E-state index contributed by atoms with van der Waals surface area (Å²) >= 11 is 0. The standard InChI is InChI=1S/C14H28OSi/c1-6-8-9-13-14(15-13,10-7-2)11-12-16(3,4)5/h11-13H,6-10H2,1-5H3. The van der Waals surface area contributed by atoms with Gasteiger partial charge in [-0.15, -0.1) is 0 Å². The highest BCUT2D eigenvalue weighted by Crippen LogP contribution is 2.45. The lowest BCUT2D eigenvalue weighted by Crippen LogP contribution is -2.19. The minimum Gasteiger partial charge on any atom is -0.362 e. The maximum absolute atomic E-state index is 5.98. The highest BCUT2D eigenvalue weighted by molar-refractivity contribution is 6.80. The van der Waals surface area contributed by atoms with Gasteiger partial charge in [-0.25, -0.2) is 0 Å². The molecule has 0 N–H and O–H groups in total. The fourth-order valence-electron chi connectivity index (χ4n) is 2.16. The second-order valence-electron chi connectivity index (χ2n) is 6.15. The van der Waals surface area contributed by atoms with Crippen LogP contribution in [-0.4, -0.2) is 19.8 Å². The van der Waals surface area contributed by atoms with E-state index in [1.807, 2.05) is 0 Å². The predicted molar refractivity (Wildman–Crippen MR) is 74.5 cm³/mol. The predicted octanol–water partition coefficient (Wildman–Crippen LogP) is 4.55. The topological polar surface area (TPSA) is 12.5 Å². The molecule has 0 radical (unpaired) electrons. The van der Waals surface area contributed by atoms with E-state index < -0.39 is 8.07 Å². The van der Waals surface area contributed by atoms with Crippen LogP contribution in [0.25, 0.3) is 0 Å². The van der Waals surface area contributed by atoms with Crippen LogP contribution in [0, 0.1) is 0 Å². The van der Waals surface area contributed by atoms with Crippen LogP contribution in [0.2, 0.25) is 19.6 Å².